The lowest BCUT2D eigenvalue weighted by atomic mass is 10.1. The maximum Gasteiger partial charge on any atom is 0.407 e. The number of carbonyl (C=O) groups is 1. The Bertz CT molecular complexity index is 871. The van der Waals surface area contributed by atoms with Crippen molar-refractivity contribution >= 4 is 22.8 Å². The summed E-state index contributed by atoms with van der Waals surface area (Å²) >= 11 is 0. The molecule has 0 spiro atoms. The number of likely N-dealkylation sites (tertiary alicyclic amines) is 1. The first-order valence-electron chi connectivity index (χ1n) is 8.02. The highest BCUT2D eigenvalue weighted by atomic mass is 16.5. The van der Waals surface area contributed by atoms with Crippen LogP contribution < -0.4 is 10.4 Å². The lowest BCUT2D eigenvalue weighted by Crippen LogP contribution is -2.29. The first-order valence-corrected chi connectivity index (χ1v) is 8.02. The van der Waals surface area contributed by atoms with Crippen LogP contribution in [0.3, 0.4) is 0 Å². The van der Waals surface area contributed by atoms with Crippen LogP contribution in [0.2, 0.25) is 0 Å². The maximum atomic E-state index is 12.1. The van der Waals surface area contributed by atoms with Crippen molar-refractivity contribution in [3.05, 3.63) is 46.8 Å². The molecule has 7 heteroatoms. The van der Waals surface area contributed by atoms with Crippen molar-refractivity contribution in [3.8, 4) is 5.75 Å². The van der Waals surface area contributed by atoms with Gasteiger partial charge in [-0.2, -0.15) is 0 Å². The number of nitrogens with zero attached hydrogens (tertiary/aromatic N) is 1. The third kappa shape index (κ3) is 3.60. The fourth-order valence-electron chi connectivity index (χ4n) is 2.80. The molecule has 3 rings (SSSR count). The van der Waals surface area contributed by atoms with Gasteiger partial charge in [0.1, 0.15) is 28.8 Å². The summed E-state index contributed by atoms with van der Waals surface area (Å²) in [5.74, 6) is 0.808. The zero-order valence-corrected chi connectivity index (χ0v) is 13.9. The molecular weight excluding hydrogens is 326 g/mol. The number of rotatable bonds is 5. The summed E-state index contributed by atoms with van der Waals surface area (Å²) in [4.78, 5) is 24.4. The largest absolute Gasteiger partial charge is 0.494 e. The van der Waals surface area contributed by atoms with Gasteiger partial charge < -0.3 is 23.9 Å². The Morgan fingerprint density at radius 1 is 1.44 bits per heavy atom. The van der Waals surface area contributed by atoms with Crippen molar-refractivity contribution in [2.75, 3.05) is 19.7 Å². The van der Waals surface area contributed by atoms with E-state index in [4.69, 9.17) is 19.0 Å². The summed E-state index contributed by atoms with van der Waals surface area (Å²) in [6, 6.07) is 6.84. The first kappa shape index (κ1) is 16.9. The second-order valence-electron chi connectivity index (χ2n) is 5.76. The van der Waals surface area contributed by atoms with Gasteiger partial charge in [-0.1, -0.05) is 6.58 Å². The molecule has 1 atom stereocenters. The van der Waals surface area contributed by atoms with Crippen molar-refractivity contribution in [1.29, 1.82) is 0 Å². The Labute approximate surface area is 144 Å². The standard InChI is InChI=1S/C18H19NO6/c1-3-23-11(2)15-8-12-4-5-13(9-16(12)25-17(15)20)24-14-6-7-19(10-14)18(21)22/h4-5,8-9,14H,2-3,6-7,10H2,1H3,(H,21,22). The molecule has 1 N–H and O–H groups in total. The highest BCUT2D eigenvalue weighted by Crippen LogP contribution is 2.25. The van der Waals surface area contributed by atoms with Crippen molar-refractivity contribution in [2.45, 2.75) is 19.4 Å². The molecule has 1 fully saturated rings. The molecule has 1 saturated heterocycles. The van der Waals surface area contributed by atoms with Crippen LogP contribution in [0.15, 0.2) is 40.1 Å². The zero-order valence-electron chi connectivity index (χ0n) is 13.9. The van der Waals surface area contributed by atoms with Crippen LogP contribution in [-0.2, 0) is 4.74 Å². The Balaban J connectivity index is 1.81. The summed E-state index contributed by atoms with van der Waals surface area (Å²) < 4.78 is 16.4. The van der Waals surface area contributed by atoms with E-state index in [1.807, 2.05) is 6.92 Å². The van der Waals surface area contributed by atoms with Gasteiger partial charge in [-0.3, -0.25) is 0 Å². The highest BCUT2D eigenvalue weighted by Gasteiger charge is 2.27. The predicted octanol–water partition coefficient (Wildman–Crippen LogP) is 2.93. The predicted molar refractivity (Wildman–Crippen MR) is 91.8 cm³/mol. The van der Waals surface area contributed by atoms with E-state index in [1.165, 1.54) is 4.90 Å². The number of ether oxygens (including phenoxy) is 2. The van der Waals surface area contributed by atoms with E-state index in [9.17, 15) is 9.59 Å². The summed E-state index contributed by atoms with van der Waals surface area (Å²) in [7, 11) is 0. The molecule has 1 amide bonds. The van der Waals surface area contributed by atoms with Gasteiger partial charge in [0, 0.05) is 24.4 Å². The normalized spacial score (nSPS) is 16.8. The van der Waals surface area contributed by atoms with Crippen molar-refractivity contribution in [1.82, 2.24) is 4.90 Å². The van der Waals surface area contributed by atoms with E-state index >= 15 is 0 Å². The number of hydrogen-bond donors (Lipinski definition) is 1. The van der Waals surface area contributed by atoms with Gasteiger partial charge in [-0.15, -0.1) is 0 Å². The summed E-state index contributed by atoms with van der Waals surface area (Å²) in [6.07, 6.45) is -0.531. The maximum absolute atomic E-state index is 12.1. The molecule has 0 aliphatic carbocycles. The Hall–Kier alpha value is -2.96. The van der Waals surface area contributed by atoms with Gasteiger partial charge >= 0.3 is 11.7 Å². The van der Waals surface area contributed by atoms with Gasteiger partial charge in [-0.05, 0) is 25.1 Å². The molecule has 1 aromatic heterocycles. The Morgan fingerprint density at radius 3 is 2.92 bits per heavy atom. The second kappa shape index (κ2) is 6.88. The smallest absolute Gasteiger partial charge is 0.407 e. The molecule has 2 aromatic rings. The quantitative estimate of drug-likeness (QED) is 0.662. The molecule has 1 aliphatic heterocycles. The number of hydrogen-bond acceptors (Lipinski definition) is 5. The summed E-state index contributed by atoms with van der Waals surface area (Å²) in [6.45, 7) is 6.73. The van der Waals surface area contributed by atoms with Crippen LogP contribution >= 0.6 is 0 Å². The van der Waals surface area contributed by atoms with Crippen molar-refractivity contribution in [2.24, 2.45) is 0 Å². The first-order chi connectivity index (χ1) is 12.0. The van der Waals surface area contributed by atoms with Crippen molar-refractivity contribution < 1.29 is 23.8 Å². The third-order valence-electron chi connectivity index (χ3n) is 4.04. The Morgan fingerprint density at radius 2 is 2.24 bits per heavy atom. The fourth-order valence-corrected chi connectivity index (χ4v) is 2.80. The molecule has 0 radical (unpaired) electrons. The zero-order chi connectivity index (χ0) is 18.0. The van der Waals surface area contributed by atoms with Gasteiger partial charge in [0.2, 0.25) is 0 Å². The van der Waals surface area contributed by atoms with E-state index in [1.54, 1.807) is 24.3 Å². The molecule has 25 heavy (non-hydrogen) atoms. The molecule has 0 saturated carbocycles. The van der Waals surface area contributed by atoms with Gasteiger partial charge in [0.15, 0.2) is 0 Å². The van der Waals surface area contributed by atoms with Crippen LogP contribution in [0.1, 0.15) is 18.9 Å². The number of benzene rings is 1. The van der Waals surface area contributed by atoms with Gasteiger partial charge in [-0.25, -0.2) is 9.59 Å². The number of fused-ring (bicyclic) bond motifs is 1. The molecule has 2 heterocycles. The molecule has 1 aliphatic rings. The monoisotopic (exact) mass is 345 g/mol. The van der Waals surface area contributed by atoms with Crippen LogP contribution in [0.4, 0.5) is 4.79 Å². The highest BCUT2D eigenvalue weighted by molar-refractivity contribution is 5.80. The van der Waals surface area contributed by atoms with Crippen LogP contribution in [0.25, 0.3) is 16.7 Å². The Kier molecular flexibility index (Phi) is 4.65. The lowest BCUT2D eigenvalue weighted by Gasteiger charge is -2.14. The van der Waals surface area contributed by atoms with Crippen molar-refractivity contribution in [3.63, 3.8) is 0 Å². The van der Waals surface area contributed by atoms with Crippen LogP contribution in [-0.4, -0.2) is 41.9 Å². The van der Waals surface area contributed by atoms with Gasteiger partial charge in [0.05, 0.1) is 13.2 Å². The van der Waals surface area contributed by atoms with E-state index < -0.39 is 11.7 Å². The molecule has 1 aromatic carbocycles. The van der Waals surface area contributed by atoms with E-state index in [2.05, 4.69) is 6.58 Å². The molecule has 0 bridgehead atoms. The molecule has 132 valence electrons. The molecule has 7 nitrogen and oxygen atoms in total. The average Bonchev–Trinajstić information content (AvgIpc) is 3.03. The summed E-state index contributed by atoms with van der Waals surface area (Å²) in [5, 5.41) is 9.70. The molecular formula is C18H19NO6. The van der Waals surface area contributed by atoms with Crippen LogP contribution in [0.5, 0.6) is 5.75 Å². The SMILES string of the molecule is C=C(OCC)c1cc2ccc(OC3CCN(C(=O)O)C3)cc2oc1=O. The second-order valence-corrected chi connectivity index (χ2v) is 5.76. The van der Waals surface area contributed by atoms with E-state index in [0.717, 1.165) is 5.39 Å². The van der Waals surface area contributed by atoms with E-state index in [0.29, 0.717) is 37.4 Å². The lowest BCUT2D eigenvalue weighted by molar-refractivity contribution is 0.145. The van der Waals surface area contributed by atoms with Crippen LogP contribution in [0, 0.1) is 0 Å². The minimum atomic E-state index is -0.947. The number of amides is 1. The van der Waals surface area contributed by atoms with Gasteiger partial charge in [0.25, 0.3) is 0 Å². The minimum Gasteiger partial charge on any atom is -0.494 e. The fraction of sp³-hybridized carbons (Fsp3) is 0.333. The van der Waals surface area contributed by atoms with E-state index in [-0.39, 0.29) is 17.4 Å². The average molecular weight is 345 g/mol. The third-order valence-corrected chi connectivity index (χ3v) is 4.04. The molecule has 1 unspecified atom stereocenters. The number of carboxylic acid groups (broad SMARTS) is 1. The topological polar surface area (TPSA) is 89.2 Å². The summed E-state index contributed by atoms with van der Waals surface area (Å²) in [5.41, 5.74) is 0.153. The minimum absolute atomic E-state index is 0.211.